The van der Waals surface area contributed by atoms with Crippen LogP contribution in [0.2, 0.25) is 0 Å². The highest BCUT2D eigenvalue weighted by atomic mass is 15.1. The lowest BCUT2D eigenvalue weighted by Crippen LogP contribution is -2.27. The summed E-state index contributed by atoms with van der Waals surface area (Å²) in [6.07, 6.45) is 5.30. The van der Waals surface area contributed by atoms with E-state index in [-0.39, 0.29) is 0 Å². The third-order valence-electron chi connectivity index (χ3n) is 3.85. The second kappa shape index (κ2) is 3.77. The van der Waals surface area contributed by atoms with E-state index in [0.29, 0.717) is 0 Å². The number of anilines is 1. The molecule has 1 aliphatic heterocycles. The Morgan fingerprint density at radius 1 is 1.38 bits per heavy atom. The Labute approximate surface area is 97.4 Å². The standard InChI is InChI=1S/C14H20N2/c1-16-5-4-14-11(6-10-2-3-10)7-13(15)8-12(14)9-16/h7-8,10H,2-6,9,15H2,1H3. The quantitative estimate of drug-likeness (QED) is 0.768. The number of fused-ring (bicyclic) bond motifs is 1. The van der Waals surface area contributed by atoms with E-state index in [9.17, 15) is 0 Å². The zero-order chi connectivity index (χ0) is 11.1. The first-order chi connectivity index (χ1) is 7.72. The molecule has 1 fully saturated rings. The van der Waals surface area contributed by atoms with Crippen LogP contribution in [0.25, 0.3) is 0 Å². The first kappa shape index (κ1) is 10.2. The summed E-state index contributed by atoms with van der Waals surface area (Å²) in [6.45, 7) is 2.26. The third-order valence-corrected chi connectivity index (χ3v) is 3.85. The summed E-state index contributed by atoms with van der Waals surface area (Å²) >= 11 is 0. The molecule has 0 radical (unpaired) electrons. The minimum absolute atomic E-state index is 0.949. The maximum atomic E-state index is 6.01. The van der Waals surface area contributed by atoms with Crippen molar-refractivity contribution in [1.29, 1.82) is 0 Å². The van der Waals surface area contributed by atoms with Gasteiger partial charge < -0.3 is 10.6 Å². The van der Waals surface area contributed by atoms with Crippen LogP contribution in [-0.4, -0.2) is 18.5 Å². The fourth-order valence-electron chi connectivity index (χ4n) is 2.77. The van der Waals surface area contributed by atoms with Crippen LogP contribution in [0.4, 0.5) is 5.69 Å². The largest absolute Gasteiger partial charge is 0.399 e. The van der Waals surface area contributed by atoms with Gasteiger partial charge in [0.25, 0.3) is 0 Å². The predicted molar refractivity (Wildman–Crippen MR) is 67.3 cm³/mol. The van der Waals surface area contributed by atoms with Crippen LogP contribution in [0.15, 0.2) is 12.1 Å². The Morgan fingerprint density at radius 2 is 2.19 bits per heavy atom. The molecule has 2 heteroatoms. The van der Waals surface area contributed by atoms with Gasteiger partial charge in [0.15, 0.2) is 0 Å². The summed E-state index contributed by atoms with van der Waals surface area (Å²) in [5, 5.41) is 0. The van der Waals surface area contributed by atoms with Crippen molar-refractivity contribution in [2.45, 2.75) is 32.2 Å². The van der Waals surface area contributed by atoms with E-state index >= 15 is 0 Å². The molecular formula is C14H20N2. The molecule has 0 amide bonds. The first-order valence-electron chi connectivity index (χ1n) is 6.31. The minimum atomic E-state index is 0.949. The molecule has 1 heterocycles. The van der Waals surface area contributed by atoms with Gasteiger partial charge in [-0.15, -0.1) is 0 Å². The van der Waals surface area contributed by atoms with Gasteiger partial charge in [0.2, 0.25) is 0 Å². The predicted octanol–water partition coefficient (Wildman–Crippen LogP) is 2.21. The number of nitrogen functional groups attached to an aromatic ring is 1. The highest BCUT2D eigenvalue weighted by Crippen LogP contribution is 2.35. The van der Waals surface area contributed by atoms with Crippen molar-refractivity contribution in [3.63, 3.8) is 0 Å². The molecular weight excluding hydrogens is 196 g/mol. The topological polar surface area (TPSA) is 29.3 Å². The lowest BCUT2D eigenvalue weighted by atomic mass is 9.91. The number of rotatable bonds is 2. The van der Waals surface area contributed by atoms with Crippen molar-refractivity contribution >= 4 is 5.69 Å². The maximum Gasteiger partial charge on any atom is 0.0320 e. The van der Waals surface area contributed by atoms with Crippen LogP contribution >= 0.6 is 0 Å². The Hall–Kier alpha value is -1.02. The van der Waals surface area contributed by atoms with Gasteiger partial charge in [-0.25, -0.2) is 0 Å². The van der Waals surface area contributed by atoms with Crippen LogP contribution in [0.3, 0.4) is 0 Å². The molecule has 0 bridgehead atoms. The number of hydrogen-bond donors (Lipinski definition) is 1. The average molecular weight is 216 g/mol. The Morgan fingerprint density at radius 3 is 2.94 bits per heavy atom. The maximum absolute atomic E-state index is 6.01. The van der Waals surface area contributed by atoms with Crippen molar-refractivity contribution in [3.05, 3.63) is 28.8 Å². The van der Waals surface area contributed by atoms with E-state index in [1.165, 1.54) is 43.4 Å². The SMILES string of the molecule is CN1CCc2c(CC3CC3)cc(N)cc2C1. The van der Waals surface area contributed by atoms with Gasteiger partial charge in [-0.2, -0.15) is 0 Å². The van der Waals surface area contributed by atoms with Crippen LogP contribution in [-0.2, 0) is 19.4 Å². The lowest BCUT2D eigenvalue weighted by Gasteiger charge is -2.27. The highest BCUT2D eigenvalue weighted by molar-refractivity contribution is 5.50. The summed E-state index contributed by atoms with van der Waals surface area (Å²) in [7, 11) is 2.19. The Bertz CT molecular complexity index is 407. The van der Waals surface area contributed by atoms with Crippen molar-refractivity contribution in [1.82, 2.24) is 4.90 Å². The van der Waals surface area contributed by atoms with E-state index in [4.69, 9.17) is 5.73 Å². The van der Waals surface area contributed by atoms with Gasteiger partial charge in [-0.05, 0) is 67.5 Å². The summed E-state index contributed by atoms with van der Waals surface area (Å²) in [4.78, 5) is 2.38. The summed E-state index contributed by atoms with van der Waals surface area (Å²) in [6, 6.07) is 4.38. The molecule has 1 aromatic carbocycles. The van der Waals surface area contributed by atoms with Crippen molar-refractivity contribution in [3.8, 4) is 0 Å². The molecule has 2 aliphatic rings. The minimum Gasteiger partial charge on any atom is -0.399 e. The normalized spacial score (nSPS) is 20.8. The van der Waals surface area contributed by atoms with Crippen LogP contribution in [0.1, 0.15) is 29.5 Å². The van der Waals surface area contributed by atoms with Gasteiger partial charge in [0.1, 0.15) is 0 Å². The van der Waals surface area contributed by atoms with Crippen LogP contribution in [0, 0.1) is 5.92 Å². The molecule has 1 aromatic rings. The molecule has 86 valence electrons. The number of benzene rings is 1. The average Bonchev–Trinajstić information content (AvgIpc) is 3.00. The Kier molecular flexibility index (Phi) is 2.40. The zero-order valence-electron chi connectivity index (χ0n) is 10.00. The number of hydrogen-bond acceptors (Lipinski definition) is 2. The van der Waals surface area contributed by atoms with Crippen LogP contribution in [0.5, 0.6) is 0 Å². The molecule has 1 saturated carbocycles. The lowest BCUT2D eigenvalue weighted by molar-refractivity contribution is 0.312. The van der Waals surface area contributed by atoms with E-state index in [1.807, 2.05) is 0 Å². The molecule has 16 heavy (non-hydrogen) atoms. The number of likely N-dealkylation sites (N-methyl/N-ethyl adjacent to an activating group) is 1. The highest BCUT2D eigenvalue weighted by Gasteiger charge is 2.25. The van der Waals surface area contributed by atoms with Gasteiger partial charge in [-0.3, -0.25) is 0 Å². The Balaban J connectivity index is 1.96. The van der Waals surface area contributed by atoms with Crippen molar-refractivity contribution < 1.29 is 0 Å². The summed E-state index contributed by atoms with van der Waals surface area (Å²) in [5.74, 6) is 0.950. The summed E-state index contributed by atoms with van der Waals surface area (Å²) < 4.78 is 0. The molecule has 0 spiro atoms. The fraction of sp³-hybridized carbons (Fsp3) is 0.571. The van der Waals surface area contributed by atoms with E-state index in [1.54, 1.807) is 5.56 Å². The second-order valence-corrected chi connectivity index (χ2v) is 5.45. The molecule has 1 aliphatic carbocycles. The van der Waals surface area contributed by atoms with Gasteiger partial charge in [0.05, 0.1) is 0 Å². The van der Waals surface area contributed by atoms with Crippen molar-refractivity contribution in [2.75, 3.05) is 19.3 Å². The van der Waals surface area contributed by atoms with E-state index < -0.39 is 0 Å². The van der Waals surface area contributed by atoms with Crippen LogP contribution < -0.4 is 5.73 Å². The fourth-order valence-corrected chi connectivity index (χ4v) is 2.77. The number of nitrogens with zero attached hydrogens (tertiary/aromatic N) is 1. The monoisotopic (exact) mass is 216 g/mol. The molecule has 0 saturated heterocycles. The molecule has 3 rings (SSSR count). The van der Waals surface area contributed by atoms with Gasteiger partial charge in [0, 0.05) is 18.8 Å². The zero-order valence-corrected chi connectivity index (χ0v) is 10.00. The van der Waals surface area contributed by atoms with Gasteiger partial charge in [-0.1, -0.05) is 0 Å². The van der Waals surface area contributed by atoms with Crippen molar-refractivity contribution in [2.24, 2.45) is 5.92 Å². The van der Waals surface area contributed by atoms with Gasteiger partial charge >= 0.3 is 0 Å². The molecule has 2 nitrogen and oxygen atoms in total. The second-order valence-electron chi connectivity index (χ2n) is 5.45. The molecule has 0 atom stereocenters. The number of nitrogens with two attached hydrogens (primary N) is 1. The summed E-state index contributed by atoms with van der Waals surface area (Å²) in [5.41, 5.74) is 11.5. The molecule has 2 N–H and O–H groups in total. The third kappa shape index (κ3) is 1.94. The van der Waals surface area contributed by atoms with E-state index in [0.717, 1.165) is 18.2 Å². The van der Waals surface area contributed by atoms with E-state index in [2.05, 4.69) is 24.1 Å². The smallest absolute Gasteiger partial charge is 0.0320 e. The first-order valence-corrected chi connectivity index (χ1v) is 6.31. The molecule has 0 aromatic heterocycles. The molecule has 0 unspecified atom stereocenters.